The van der Waals surface area contributed by atoms with Gasteiger partial charge in [0.15, 0.2) is 5.96 Å². The van der Waals surface area contributed by atoms with Crippen molar-refractivity contribution in [1.82, 2.24) is 5.32 Å². The third kappa shape index (κ3) is 7.00. The standard InChI is InChI=1S/C10H18ClN3.HI/c1-8(11)7-13-10(12)14-9-5-3-2-4-6-9;/h9H,1-7H2,(H3,12,13,14);1H. The van der Waals surface area contributed by atoms with Crippen LogP contribution in [0, 0.1) is 0 Å². The fourth-order valence-electron chi connectivity index (χ4n) is 1.67. The zero-order valence-corrected chi connectivity index (χ0v) is 11.9. The Balaban J connectivity index is 0.00000196. The lowest BCUT2D eigenvalue weighted by Gasteiger charge is -2.23. The van der Waals surface area contributed by atoms with Crippen LogP contribution in [-0.4, -0.2) is 18.5 Å². The number of nitrogens with two attached hydrogens (primary N) is 1. The Morgan fingerprint density at radius 2 is 2.00 bits per heavy atom. The number of halogens is 2. The second-order valence-electron chi connectivity index (χ2n) is 3.70. The van der Waals surface area contributed by atoms with Crippen LogP contribution in [0.4, 0.5) is 0 Å². The molecule has 1 aliphatic carbocycles. The van der Waals surface area contributed by atoms with E-state index in [4.69, 9.17) is 17.3 Å². The molecule has 0 aromatic heterocycles. The lowest BCUT2D eigenvalue weighted by molar-refractivity contribution is 0.412. The first-order valence-corrected chi connectivity index (χ1v) is 5.46. The number of hydrogen-bond acceptors (Lipinski definition) is 1. The van der Waals surface area contributed by atoms with Crippen LogP contribution in [0.3, 0.4) is 0 Å². The molecule has 0 amide bonds. The molecule has 3 nitrogen and oxygen atoms in total. The van der Waals surface area contributed by atoms with Crippen molar-refractivity contribution >= 4 is 41.5 Å². The maximum absolute atomic E-state index is 5.69. The van der Waals surface area contributed by atoms with Gasteiger partial charge in [-0.05, 0) is 12.8 Å². The number of rotatable bonds is 3. The van der Waals surface area contributed by atoms with Crippen molar-refractivity contribution in [3.8, 4) is 0 Å². The monoisotopic (exact) mass is 343 g/mol. The summed E-state index contributed by atoms with van der Waals surface area (Å²) in [4.78, 5) is 4.07. The van der Waals surface area contributed by atoms with Crippen molar-refractivity contribution in [3.63, 3.8) is 0 Å². The predicted molar refractivity (Wildman–Crippen MR) is 76.9 cm³/mol. The molecule has 0 radical (unpaired) electrons. The Kier molecular flexibility index (Phi) is 8.23. The maximum Gasteiger partial charge on any atom is 0.189 e. The molecule has 1 rings (SSSR count). The fourth-order valence-corrected chi connectivity index (χ4v) is 1.73. The van der Waals surface area contributed by atoms with Crippen LogP contribution in [0.5, 0.6) is 0 Å². The second kappa shape index (κ2) is 8.21. The quantitative estimate of drug-likeness (QED) is 0.470. The lowest BCUT2D eigenvalue weighted by Crippen LogP contribution is -2.41. The number of guanidine groups is 1. The normalized spacial score (nSPS) is 18.1. The summed E-state index contributed by atoms with van der Waals surface area (Å²) in [5.74, 6) is 0.485. The highest BCUT2D eigenvalue weighted by molar-refractivity contribution is 14.0. The first-order valence-electron chi connectivity index (χ1n) is 5.08. The Morgan fingerprint density at radius 3 is 2.53 bits per heavy atom. The minimum absolute atomic E-state index is 0. The highest BCUT2D eigenvalue weighted by Gasteiger charge is 2.12. The summed E-state index contributed by atoms with van der Waals surface area (Å²) in [5, 5.41) is 3.71. The summed E-state index contributed by atoms with van der Waals surface area (Å²) in [5.41, 5.74) is 5.69. The van der Waals surface area contributed by atoms with Crippen LogP contribution < -0.4 is 11.1 Å². The molecule has 1 saturated carbocycles. The molecule has 0 spiro atoms. The minimum Gasteiger partial charge on any atom is -0.370 e. The van der Waals surface area contributed by atoms with Gasteiger partial charge in [-0.15, -0.1) is 24.0 Å². The molecular weight excluding hydrogens is 324 g/mol. The summed E-state index contributed by atoms with van der Waals surface area (Å²) >= 11 is 5.58. The Morgan fingerprint density at radius 1 is 1.40 bits per heavy atom. The van der Waals surface area contributed by atoms with Gasteiger partial charge in [-0.2, -0.15) is 0 Å². The van der Waals surface area contributed by atoms with Crippen LogP contribution in [0.25, 0.3) is 0 Å². The summed E-state index contributed by atoms with van der Waals surface area (Å²) in [6.07, 6.45) is 6.30. The predicted octanol–water partition coefficient (Wildman–Crippen LogP) is 2.59. The number of nitrogens with one attached hydrogen (secondary N) is 1. The molecule has 5 heteroatoms. The van der Waals surface area contributed by atoms with E-state index in [1.165, 1.54) is 32.1 Å². The molecule has 0 unspecified atom stereocenters. The van der Waals surface area contributed by atoms with Gasteiger partial charge in [-0.3, -0.25) is 0 Å². The highest BCUT2D eigenvalue weighted by Crippen LogP contribution is 2.16. The van der Waals surface area contributed by atoms with Crippen molar-refractivity contribution in [1.29, 1.82) is 0 Å². The third-order valence-corrected chi connectivity index (χ3v) is 2.50. The number of hydrogen-bond donors (Lipinski definition) is 2. The van der Waals surface area contributed by atoms with E-state index in [0.717, 1.165) is 0 Å². The molecule has 1 fully saturated rings. The van der Waals surface area contributed by atoms with Crippen LogP contribution in [0.15, 0.2) is 16.6 Å². The van der Waals surface area contributed by atoms with Gasteiger partial charge in [0.25, 0.3) is 0 Å². The highest BCUT2D eigenvalue weighted by atomic mass is 127. The van der Waals surface area contributed by atoms with Crippen molar-refractivity contribution in [3.05, 3.63) is 11.6 Å². The van der Waals surface area contributed by atoms with E-state index in [2.05, 4.69) is 16.9 Å². The molecule has 0 bridgehead atoms. The molecule has 3 N–H and O–H groups in total. The Bertz CT molecular complexity index is 225. The van der Waals surface area contributed by atoms with E-state index in [0.29, 0.717) is 23.6 Å². The topological polar surface area (TPSA) is 50.4 Å². The number of aliphatic imine (C=N–C) groups is 1. The molecule has 0 aliphatic heterocycles. The molecular formula is C10H19ClIN3. The zero-order valence-electron chi connectivity index (χ0n) is 8.84. The van der Waals surface area contributed by atoms with E-state index >= 15 is 0 Å². The van der Waals surface area contributed by atoms with E-state index < -0.39 is 0 Å². The third-order valence-electron chi connectivity index (χ3n) is 2.38. The Hall–Kier alpha value is 0.0300. The average molecular weight is 344 g/mol. The van der Waals surface area contributed by atoms with Crippen LogP contribution in [-0.2, 0) is 0 Å². The molecule has 0 aromatic rings. The first-order chi connectivity index (χ1) is 6.68. The van der Waals surface area contributed by atoms with E-state index in [1.54, 1.807) is 0 Å². The number of nitrogens with zero attached hydrogens (tertiary/aromatic N) is 1. The van der Waals surface area contributed by atoms with E-state index in [-0.39, 0.29) is 24.0 Å². The van der Waals surface area contributed by atoms with Gasteiger partial charge in [0.05, 0.1) is 6.54 Å². The molecule has 0 heterocycles. The van der Waals surface area contributed by atoms with Crippen LogP contribution in [0.1, 0.15) is 32.1 Å². The largest absolute Gasteiger partial charge is 0.370 e. The summed E-state index contributed by atoms with van der Waals surface area (Å²) in [6, 6.07) is 0.496. The Labute approximate surface area is 114 Å². The van der Waals surface area contributed by atoms with Crippen LogP contribution in [0.2, 0.25) is 0 Å². The average Bonchev–Trinajstić information content (AvgIpc) is 2.16. The molecule has 15 heavy (non-hydrogen) atoms. The molecule has 0 atom stereocenters. The molecule has 1 aliphatic rings. The fraction of sp³-hybridized carbons (Fsp3) is 0.700. The lowest BCUT2D eigenvalue weighted by atomic mass is 9.96. The second-order valence-corrected chi connectivity index (χ2v) is 4.23. The molecule has 0 aromatic carbocycles. The summed E-state index contributed by atoms with van der Waals surface area (Å²) in [7, 11) is 0. The van der Waals surface area contributed by atoms with Gasteiger partial charge in [0, 0.05) is 11.1 Å². The summed E-state index contributed by atoms with van der Waals surface area (Å²) < 4.78 is 0. The van der Waals surface area contributed by atoms with Gasteiger partial charge < -0.3 is 11.1 Å². The van der Waals surface area contributed by atoms with Gasteiger partial charge in [-0.1, -0.05) is 37.4 Å². The zero-order chi connectivity index (χ0) is 10.4. The van der Waals surface area contributed by atoms with E-state index in [9.17, 15) is 0 Å². The van der Waals surface area contributed by atoms with Crippen molar-refractivity contribution in [2.75, 3.05) is 6.54 Å². The van der Waals surface area contributed by atoms with Crippen LogP contribution >= 0.6 is 35.6 Å². The van der Waals surface area contributed by atoms with Gasteiger partial charge in [0.1, 0.15) is 0 Å². The van der Waals surface area contributed by atoms with Crippen molar-refractivity contribution < 1.29 is 0 Å². The van der Waals surface area contributed by atoms with Gasteiger partial charge in [0.2, 0.25) is 0 Å². The maximum atomic E-state index is 5.69. The molecule has 0 saturated heterocycles. The summed E-state index contributed by atoms with van der Waals surface area (Å²) in [6.45, 7) is 3.94. The van der Waals surface area contributed by atoms with Crippen molar-refractivity contribution in [2.45, 2.75) is 38.1 Å². The smallest absolute Gasteiger partial charge is 0.189 e. The van der Waals surface area contributed by atoms with Gasteiger partial charge in [-0.25, -0.2) is 4.99 Å². The first kappa shape index (κ1) is 15.0. The SMILES string of the molecule is C=C(Cl)CN=C(N)NC1CCCCC1.I. The minimum atomic E-state index is 0. The van der Waals surface area contributed by atoms with Gasteiger partial charge >= 0.3 is 0 Å². The van der Waals surface area contributed by atoms with E-state index in [1.807, 2.05) is 0 Å². The molecule has 88 valence electrons. The van der Waals surface area contributed by atoms with Crippen molar-refractivity contribution in [2.24, 2.45) is 10.7 Å².